The first kappa shape index (κ1) is 18.2. The number of carbonyl (C=O) groups excluding carboxylic acids is 1. The molecule has 2 rings (SSSR count). The molecule has 0 spiro atoms. The van der Waals surface area contributed by atoms with E-state index in [1.807, 2.05) is 25.7 Å². The number of carboxylic acids is 1. The summed E-state index contributed by atoms with van der Waals surface area (Å²) in [5, 5.41) is 12.5. The van der Waals surface area contributed by atoms with E-state index in [4.69, 9.17) is 4.74 Å². The Labute approximate surface area is 142 Å². The van der Waals surface area contributed by atoms with E-state index >= 15 is 0 Å². The SMILES string of the molecule is CC(C)(C)OC(=O)N[C@H]1CCCN([C@H](C(=O)O)c2ccncc2)C1. The predicted molar refractivity (Wildman–Crippen MR) is 88.6 cm³/mol. The lowest BCUT2D eigenvalue weighted by Gasteiger charge is -2.37. The molecule has 1 aromatic heterocycles. The van der Waals surface area contributed by atoms with Crippen LogP contribution in [0.3, 0.4) is 0 Å². The maximum absolute atomic E-state index is 11.9. The Morgan fingerprint density at radius 2 is 2.04 bits per heavy atom. The van der Waals surface area contributed by atoms with Crippen molar-refractivity contribution in [3.63, 3.8) is 0 Å². The summed E-state index contributed by atoms with van der Waals surface area (Å²) < 4.78 is 5.28. The molecule has 1 aliphatic rings. The van der Waals surface area contributed by atoms with E-state index in [-0.39, 0.29) is 6.04 Å². The van der Waals surface area contributed by atoms with Crippen molar-refractivity contribution in [2.45, 2.75) is 51.3 Å². The van der Waals surface area contributed by atoms with E-state index in [0.717, 1.165) is 12.8 Å². The number of piperidine rings is 1. The second-order valence-corrected chi connectivity index (χ2v) is 7.00. The van der Waals surface area contributed by atoms with E-state index in [1.165, 1.54) is 0 Å². The molecular formula is C17H25N3O4. The van der Waals surface area contributed by atoms with Gasteiger partial charge >= 0.3 is 12.1 Å². The quantitative estimate of drug-likeness (QED) is 0.876. The molecule has 0 aromatic carbocycles. The van der Waals surface area contributed by atoms with Gasteiger partial charge in [0, 0.05) is 25.0 Å². The van der Waals surface area contributed by atoms with Crippen molar-refractivity contribution in [3.05, 3.63) is 30.1 Å². The van der Waals surface area contributed by atoms with Gasteiger partial charge in [-0.25, -0.2) is 4.79 Å². The number of carbonyl (C=O) groups is 2. The average molecular weight is 335 g/mol. The van der Waals surface area contributed by atoms with Crippen LogP contribution in [0, 0.1) is 0 Å². The van der Waals surface area contributed by atoms with Gasteiger partial charge in [0.1, 0.15) is 11.6 Å². The molecule has 0 saturated carbocycles. The van der Waals surface area contributed by atoms with E-state index in [0.29, 0.717) is 18.7 Å². The summed E-state index contributed by atoms with van der Waals surface area (Å²) in [6, 6.07) is 2.56. The topological polar surface area (TPSA) is 91.8 Å². The van der Waals surface area contributed by atoms with Crippen LogP contribution < -0.4 is 5.32 Å². The monoisotopic (exact) mass is 335 g/mol. The number of carboxylic acid groups (broad SMARTS) is 1. The van der Waals surface area contributed by atoms with Crippen LogP contribution in [-0.2, 0) is 9.53 Å². The number of hydrogen-bond donors (Lipinski definition) is 2. The minimum Gasteiger partial charge on any atom is -0.480 e. The first-order chi connectivity index (χ1) is 11.3. The van der Waals surface area contributed by atoms with Gasteiger partial charge in [0.2, 0.25) is 0 Å². The van der Waals surface area contributed by atoms with Crippen LogP contribution in [-0.4, -0.2) is 51.8 Å². The number of amides is 1. The third-order valence-electron chi connectivity index (χ3n) is 3.79. The van der Waals surface area contributed by atoms with Crippen molar-refractivity contribution in [3.8, 4) is 0 Å². The molecule has 0 radical (unpaired) electrons. The van der Waals surface area contributed by atoms with E-state index in [1.54, 1.807) is 24.5 Å². The lowest BCUT2D eigenvalue weighted by Crippen LogP contribution is -2.50. The molecule has 1 aliphatic heterocycles. The normalized spacial score (nSPS) is 20.2. The third kappa shape index (κ3) is 5.19. The second kappa shape index (κ2) is 7.61. The average Bonchev–Trinajstić information content (AvgIpc) is 2.46. The highest BCUT2D eigenvalue weighted by Crippen LogP contribution is 2.25. The first-order valence-corrected chi connectivity index (χ1v) is 8.12. The van der Waals surface area contributed by atoms with Gasteiger partial charge < -0.3 is 15.2 Å². The van der Waals surface area contributed by atoms with Crippen LogP contribution in [0.25, 0.3) is 0 Å². The summed E-state index contributed by atoms with van der Waals surface area (Å²) in [7, 11) is 0. The number of aliphatic carboxylic acids is 1. The van der Waals surface area contributed by atoms with Gasteiger partial charge in [0.15, 0.2) is 0 Å². The van der Waals surface area contributed by atoms with Gasteiger partial charge in [-0.3, -0.25) is 14.7 Å². The Bertz CT molecular complexity index is 571. The fourth-order valence-corrected chi connectivity index (χ4v) is 2.89. The number of likely N-dealkylation sites (tertiary alicyclic amines) is 1. The fraction of sp³-hybridized carbons (Fsp3) is 0.588. The van der Waals surface area contributed by atoms with Crippen molar-refractivity contribution in [2.75, 3.05) is 13.1 Å². The highest BCUT2D eigenvalue weighted by molar-refractivity contribution is 5.75. The highest BCUT2D eigenvalue weighted by atomic mass is 16.6. The minimum absolute atomic E-state index is 0.128. The Kier molecular flexibility index (Phi) is 5.77. The number of alkyl carbamates (subject to hydrolysis) is 1. The molecule has 0 bridgehead atoms. The first-order valence-electron chi connectivity index (χ1n) is 8.12. The van der Waals surface area contributed by atoms with Gasteiger partial charge in [0.05, 0.1) is 0 Å². The number of aromatic nitrogens is 1. The van der Waals surface area contributed by atoms with Crippen molar-refractivity contribution >= 4 is 12.1 Å². The molecule has 1 amide bonds. The van der Waals surface area contributed by atoms with Crippen LogP contribution in [0.5, 0.6) is 0 Å². The number of hydrogen-bond acceptors (Lipinski definition) is 5. The van der Waals surface area contributed by atoms with Gasteiger partial charge in [-0.1, -0.05) is 0 Å². The summed E-state index contributed by atoms with van der Waals surface area (Å²) in [5.74, 6) is -0.904. The fourth-order valence-electron chi connectivity index (χ4n) is 2.89. The Morgan fingerprint density at radius 3 is 2.62 bits per heavy atom. The van der Waals surface area contributed by atoms with E-state index in [9.17, 15) is 14.7 Å². The molecule has 24 heavy (non-hydrogen) atoms. The van der Waals surface area contributed by atoms with E-state index < -0.39 is 23.7 Å². The molecule has 7 nitrogen and oxygen atoms in total. The molecule has 0 aliphatic carbocycles. The van der Waals surface area contributed by atoms with Crippen molar-refractivity contribution < 1.29 is 19.4 Å². The molecule has 0 unspecified atom stereocenters. The van der Waals surface area contributed by atoms with Gasteiger partial charge in [-0.2, -0.15) is 0 Å². The Balaban J connectivity index is 2.03. The largest absolute Gasteiger partial charge is 0.480 e. The lowest BCUT2D eigenvalue weighted by atomic mass is 10.00. The second-order valence-electron chi connectivity index (χ2n) is 7.00. The number of nitrogens with one attached hydrogen (secondary N) is 1. The standard InChI is InChI=1S/C17H25N3O4/c1-17(2,3)24-16(23)19-13-5-4-10-20(11-13)14(15(21)22)12-6-8-18-9-7-12/h6-9,13-14H,4-5,10-11H2,1-3H3,(H,19,23)(H,21,22)/t13-,14-/m0/s1. The van der Waals surface area contributed by atoms with Crippen LogP contribution in [0.15, 0.2) is 24.5 Å². The summed E-state index contributed by atoms with van der Waals surface area (Å²) in [5.41, 5.74) is 0.134. The molecule has 1 aromatic rings. The molecule has 2 heterocycles. The van der Waals surface area contributed by atoms with Gasteiger partial charge in [0.25, 0.3) is 0 Å². The van der Waals surface area contributed by atoms with E-state index in [2.05, 4.69) is 10.3 Å². The highest BCUT2D eigenvalue weighted by Gasteiger charge is 2.32. The predicted octanol–water partition coefficient (Wildman–Crippen LogP) is 2.20. The maximum Gasteiger partial charge on any atom is 0.407 e. The lowest BCUT2D eigenvalue weighted by molar-refractivity contribution is -0.144. The molecular weight excluding hydrogens is 310 g/mol. The van der Waals surface area contributed by atoms with Crippen molar-refractivity contribution in [1.82, 2.24) is 15.2 Å². The number of rotatable bonds is 4. The van der Waals surface area contributed by atoms with Crippen LogP contribution in [0.2, 0.25) is 0 Å². The maximum atomic E-state index is 11.9. The molecule has 1 fully saturated rings. The summed E-state index contributed by atoms with van der Waals surface area (Å²) in [6.07, 6.45) is 4.33. The molecule has 2 atom stereocenters. The Morgan fingerprint density at radius 1 is 1.38 bits per heavy atom. The summed E-state index contributed by atoms with van der Waals surface area (Å²) in [6.45, 7) is 6.57. The van der Waals surface area contributed by atoms with Crippen molar-refractivity contribution in [2.24, 2.45) is 0 Å². The van der Waals surface area contributed by atoms with Crippen LogP contribution in [0.4, 0.5) is 4.79 Å². The third-order valence-corrected chi connectivity index (χ3v) is 3.79. The van der Waals surface area contributed by atoms with Crippen LogP contribution >= 0.6 is 0 Å². The summed E-state index contributed by atoms with van der Waals surface area (Å²) in [4.78, 5) is 29.5. The molecule has 132 valence electrons. The number of nitrogens with zero attached hydrogens (tertiary/aromatic N) is 2. The molecule has 1 saturated heterocycles. The van der Waals surface area contributed by atoms with Gasteiger partial charge in [-0.15, -0.1) is 0 Å². The summed E-state index contributed by atoms with van der Waals surface area (Å²) >= 11 is 0. The van der Waals surface area contributed by atoms with Crippen molar-refractivity contribution in [1.29, 1.82) is 0 Å². The minimum atomic E-state index is -0.904. The zero-order valence-electron chi connectivity index (χ0n) is 14.4. The number of pyridine rings is 1. The molecule has 2 N–H and O–H groups in total. The number of ether oxygens (including phenoxy) is 1. The molecule has 7 heteroatoms. The Hall–Kier alpha value is -2.15. The zero-order valence-corrected chi connectivity index (χ0v) is 14.4. The zero-order chi connectivity index (χ0) is 17.7. The smallest absolute Gasteiger partial charge is 0.407 e. The van der Waals surface area contributed by atoms with Gasteiger partial charge in [-0.05, 0) is 57.9 Å². The van der Waals surface area contributed by atoms with Crippen LogP contribution in [0.1, 0.15) is 45.2 Å².